The first-order chi connectivity index (χ1) is 32.8. The number of anilines is 3. The number of fused-ring (bicyclic) bond motifs is 5. The van der Waals surface area contributed by atoms with Crippen LogP contribution in [0.3, 0.4) is 0 Å². The minimum Gasteiger partial charge on any atom is -0.311 e. The van der Waals surface area contributed by atoms with Crippen molar-refractivity contribution in [3.8, 4) is 55.6 Å². The molecule has 310 valence electrons. The molecule has 11 aromatic rings. The molecule has 0 bridgehead atoms. The molecule has 0 saturated heterocycles. The Hall–Kier alpha value is -8.52. The molecule has 0 saturated carbocycles. The van der Waals surface area contributed by atoms with E-state index in [9.17, 15) is 0 Å². The number of hydrogen-bond acceptors (Lipinski definition) is 1. The van der Waals surface area contributed by atoms with Gasteiger partial charge < -0.3 is 4.90 Å². The third kappa shape index (κ3) is 6.47. The largest absolute Gasteiger partial charge is 0.311 e. The molecule has 66 heavy (non-hydrogen) atoms. The highest BCUT2D eigenvalue weighted by atomic mass is 15.1. The van der Waals surface area contributed by atoms with Crippen molar-refractivity contribution in [2.24, 2.45) is 0 Å². The van der Waals surface area contributed by atoms with E-state index in [0.717, 1.165) is 17.1 Å². The van der Waals surface area contributed by atoms with E-state index in [4.69, 9.17) is 0 Å². The Labute approximate surface area is 387 Å². The van der Waals surface area contributed by atoms with Crippen molar-refractivity contribution in [3.05, 3.63) is 295 Å². The molecule has 0 amide bonds. The Kier molecular flexibility index (Phi) is 9.81. The summed E-state index contributed by atoms with van der Waals surface area (Å²) in [6.07, 6.45) is 0. The third-order valence-electron chi connectivity index (χ3n) is 13.5. The molecule has 0 radical (unpaired) electrons. The summed E-state index contributed by atoms with van der Waals surface area (Å²) in [6.45, 7) is 0. The average Bonchev–Trinajstić information content (AvgIpc) is 3.72. The topological polar surface area (TPSA) is 3.24 Å². The molecule has 12 rings (SSSR count). The van der Waals surface area contributed by atoms with Gasteiger partial charge in [0, 0.05) is 17.1 Å². The quantitative estimate of drug-likeness (QED) is 0.140. The second-order valence-electron chi connectivity index (χ2n) is 17.1. The molecule has 1 aliphatic rings. The van der Waals surface area contributed by atoms with Gasteiger partial charge in [0.2, 0.25) is 0 Å². The van der Waals surface area contributed by atoms with Crippen molar-refractivity contribution in [3.63, 3.8) is 0 Å². The maximum absolute atomic E-state index is 2.37. The minimum atomic E-state index is -0.549. The van der Waals surface area contributed by atoms with Crippen LogP contribution in [0.15, 0.2) is 273 Å². The van der Waals surface area contributed by atoms with Crippen LogP contribution in [-0.2, 0) is 5.41 Å². The van der Waals surface area contributed by atoms with Gasteiger partial charge in [-0.15, -0.1) is 0 Å². The van der Waals surface area contributed by atoms with E-state index in [1.807, 2.05) is 0 Å². The van der Waals surface area contributed by atoms with Crippen molar-refractivity contribution in [1.29, 1.82) is 0 Å². The lowest BCUT2D eigenvalue weighted by Crippen LogP contribution is -2.28. The lowest BCUT2D eigenvalue weighted by atomic mass is 9.66. The van der Waals surface area contributed by atoms with Crippen molar-refractivity contribution < 1.29 is 0 Å². The molecule has 0 heterocycles. The van der Waals surface area contributed by atoms with Crippen molar-refractivity contribution >= 4 is 27.8 Å². The number of nitrogens with zero attached hydrogens (tertiary/aromatic N) is 1. The number of hydrogen-bond donors (Lipinski definition) is 0. The molecule has 0 atom stereocenters. The first-order valence-electron chi connectivity index (χ1n) is 22.8. The van der Waals surface area contributed by atoms with Gasteiger partial charge in [0.15, 0.2) is 0 Å². The first kappa shape index (κ1) is 39.1. The fourth-order valence-electron chi connectivity index (χ4n) is 10.7. The van der Waals surface area contributed by atoms with Crippen LogP contribution in [0.5, 0.6) is 0 Å². The monoisotopic (exact) mass is 839 g/mol. The summed E-state index contributed by atoms with van der Waals surface area (Å²) in [6, 6.07) is 100.0. The molecule has 1 heteroatoms. The Balaban J connectivity index is 1.08. The predicted octanol–water partition coefficient (Wildman–Crippen LogP) is 17.3. The van der Waals surface area contributed by atoms with Gasteiger partial charge in [-0.05, 0) is 125 Å². The fourth-order valence-corrected chi connectivity index (χ4v) is 10.7. The summed E-state index contributed by atoms with van der Waals surface area (Å²) in [5.41, 5.74) is 20.1. The summed E-state index contributed by atoms with van der Waals surface area (Å²) in [4.78, 5) is 2.37. The van der Waals surface area contributed by atoms with Gasteiger partial charge in [-0.25, -0.2) is 0 Å². The van der Waals surface area contributed by atoms with Crippen LogP contribution in [0.2, 0.25) is 0 Å². The summed E-state index contributed by atoms with van der Waals surface area (Å²) in [5, 5.41) is 2.49. The number of benzene rings is 11. The Morgan fingerprint density at radius 2 is 0.591 bits per heavy atom. The van der Waals surface area contributed by atoms with Crippen molar-refractivity contribution in [2.45, 2.75) is 5.41 Å². The summed E-state index contributed by atoms with van der Waals surface area (Å²) in [7, 11) is 0. The molecule has 0 unspecified atom stereocenters. The lowest BCUT2D eigenvalue weighted by Gasteiger charge is -2.35. The molecule has 0 spiro atoms. The maximum atomic E-state index is 2.37. The summed E-state index contributed by atoms with van der Waals surface area (Å²) < 4.78 is 0. The summed E-state index contributed by atoms with van der Waals surface area (Å²) >= 11 is 0. The van der Waals surface area contributed by atoms with Crippen LogP contribution < -0.4 is 4.90 Å². The highest BCUT2D eigenvalue weighted by Crippen LogP contribution is 2.62. The molecular weight excluding hydrogens is 795 g/mol. The van der Waals surface area contributed by atoms with Gasteiger partial charge in [-0.1, -0.05) is 237 Å². The predicted molar refractivity (Wildman–Crippen MR) is 278 cm³/mol. The first-order valence-corrected chi connectivity index (χ1v) is 22.8. The van der Waals surface area contributed by atoms with E-state index in [1.54, 1.807) is 0 Å². The summed E-state index contributed by atoms with van der Waals surface area (Å²) in [5.74, 6) is 0. The van der Waals surface area contributed by atoms with E-state index in [1.165, 1.54) is 88.7 Å². The van der Waals surface area contributed by atoms with Crippen molar-refractivity contribution in [2.75, 3.05) is 4.90 Å². The SMILES string of the molecule is c1ccc(-c2ccc(N(c3ccc(-c4ccccc4)cc3)c3ccc(-c4c(-c5ccccc5)c5c(c6ccccc46)C(c4ccccc4)(c4ccccc4)c4ccccc4-5)cc3)cc2)cc1. The Morgan fingerprint density at radius 1 is 0.242 bits per heavy atom. The smallest absolute Gasteiger partial charge is 0.0719 e. The third-order valence-corrected chi connectivity index (χ3v) is 13.5. The van der Waals surface area contributed by atoms with Gasteiger partial charge >= 0.3 is 0 Å². The van der Waals surface area contributed by atoms with Crippen molar-refractivity contribution in [1.82, 2.24) is 0 Å². The van der Waals surface area contributed by atoms with Crippen LogP contribution in [0.4, 0.5) is 17.1 Å². The highest BCUT2D eigenvalue weighted by Gasteiger charge is 2.48. The second kappa shape index (κ2) is 16.6. The lowest BCUT2D eigenvalue weighted by molar-refractivity contribution is 0.775. The molecule has 1 nitrogen and oxygen atoms in total. The molecule has 0 aliphatic heterocycles. The molecule has 0 fully saturated rings. The van der Waals surface area contributed by atoms with Gasteiger partial charge in [0.05, 0.1) is 5.41 Å². The van der Waals surface area contributed by atoms with E-state index in [2.05, 4.69) is 278 Å². The van der Waals surface area contributed by atoms with Gasteiger partial charge in [-0.2, -0.15) is 0 Å². The van der Waals surface area contributed by atoms with Crippen LogP contribution in [0.25, 0.3) is 66.4 Å². The molecule has 1 aliphatic carbocycles. The Morgan fingerprint density at radius 3 is 1.08 bits per heavy atom. The standard InChI is InChI=1S/C65H45N/c1-6-20-46(21-7-1)48-34-40-54(41-35-48)66(55-42-36-49(37-43-55)47-22-8-2-9-23-47)56-44-38-51(39-45-56)61-57-30-16-17-31-58(57)64-63(62(61)50-24-10-3-11-25-50)59-32-18-19-33-60(59)65(64,52-26-12-4-13-27-52)53-28-14-5-15-29-53/h1-45H. The van der Waals surface area contributed by atoms with Gasteiger partial charge in [0.1, 0.15) is 0 Å². The van der Waals surface area contributed by atoms with Gasteiger partial charge in [0.25, 0.3) is 0 Å². The van der Waals surface area contributed by atoms with Crippen LogP contribution >= 0.6 is 0 Å². The molecular formula is C65H45N. The number of rotatable bonds is 9. The second-order valence-corrected chi connectivity index (χ2v) is 17.1. The molecule has 0 aromatic heterocycles. The minimum absolute atomic E-state index is 0.549. The van der Waals surface area contributed by atoms with Crippen LogP contribution in [0, 0.1) is 0 Å². The van der Waals surface area contributed by atoms with E-state index in [-0.39, 0.29) is 0 Å². The zero-order valence-corrected chi connectivity index (χ0v) is 36.4. The Bertz CT molecular complexity index is 3330. The van der Waals surface area contributed by atoms with Crippen LogP contribution in [-0.4, -0.2) is 0 Å². The molecule has 0 N–H and O–H groups in total. The van der Waals surface area contributed by atoms with Crippen LogP contribution in [0.1, 0.15) is 22.3 Å². The normalized spacial score (nSPS) is 12.4. The zero-order chi connectivity index (χ0) is 43.9. The van der Waals surface area contributed by atoms with E-state index < -0.39 is 5.41 Å². The maximum Gasteiger partial charge on any atom is 0.0719 e. The van der Waals surface area contributed by atoms with Gasteiger partial charge in [-0.3, -0.25) is 0 Å². The highest BCUT2D eigenvalue weighted by molar-refractivity contribution is 6.15. The van der Waals surface area contributed by atoms with E-state index in [0.29, 0.717) is 0 Å². The fraction of sp³-hybridized carbons (Fsp3) is 0.0154. The zero-order valence-electron chi connectivity index (χ0n) is 36.4. The van der Waals surface area contributed by atoms with E-state index >= 15 is 0 Å². The molecule has 11 aromatic carbocycles. The average molecular weight is 840 g/mol.